The van der Waals surface area contributed by atoms with Crippen LogP contribution in [0.15, 0.2) is 48.5 Å². The highest BCUT2D eigenvalue weighted by atomic mass is 19.1. The van der Waals surface area contributed by atoms with Gasteiger partial charge in [0.1, 0.15) is 11.6 Å². The number of benzene rings is 2. The third kappa shape index (κ3) is 4.21. The van der Waals surface area contributed by atoms with E-state index in [9.17, 15) is 4.39 Å². The molecule has 22 heavy (non-hydrogen) atoms. The molecule has 0 radical (unpaired) electrons. The Kier molecular flexibility index (Phi) is 5.78. The maximum Gasteiger partial charge on any atom is 0.126 e. The van der Waals surface area contributed by atoms with Crippen molar-refractivity contribution in [3.8, 4) is 5.75 Å². The van der Waals surface area contributed by atoms with E-state index in [0.717, 1.165) is 11.4 Å². The predicted molar refractivity (Wildman–Crippen MR) is 89.1 cm³/mol. The Morgan fingerprint density at radius 1 is 1.14 bits per heavy atom. The predicted octanol–water partition coefficient (Wildman–Crippen LogP) is 3.40. The summed E-state index contributed by atoms with van der Waals surface area (Å²) in [7, 11) is 3.98. The van der Waals surface area contributed by atoms with Crippen LogP contribution in [0.25, 0.3) is 0 Å². The highest BCUT2D eigenvalue weighted by Gasteiger charge is 2.14. The van der Waals surface area contributed by atoms with Crippen molar-refractivity contribution in [2.24, 2.45) is 5.73 Å². The second-order valence-electron chi connectivity index (χ2n) is 5.48. The van der Waals surface area contributed by atoms with Crippen LogP contribution in [0.3, 0.4) is 0 Å². The Hall–Kier alpha value is -2.07. The van der Waals surface area contributed by atoms with Crippen molar-refractivity contribution < 1.29 is 9.13 Å². The summed E-state index contributed by atoms with van der Waals surface area (Å²) in [6.45, 7) is 0.912. The number of anilines is 1. The molecule has 0 aliphatic carbocycles. The van der Waals surface area contributed by atoms with E-state index in [1.165, 1.54) is 6.07 Å². The van der Waals surface area contributed by atoms with Crippen LogP contribution in [0.4, 0.5) is 10.1 Å². The lowest BCUT2D eigenvalue weighted by molar-refractivity contribution is 0.297. The first-order valence-corrected chi connectivity index (χ1v) is 7.46. The van der Waals surface area contributed by atoms with Gasteiger partial charge >= 0.3 is 0 Å². The van der Waals surface area contributed by atoms with Gasteiger partial charge in [-0.2, -0.15) is 0 Å². The van der Waals surface area contributed by atoms with E-state index in [4.69, 9.17) is 10.5 Å². The number of hydrogen-bond donors (Lipinski definition) is 1. The molecule has 0 bridgehead atoms. The molecule has 0 fully saturated rings. The number of nitrogens with zero attached hydrogens (tertiary/aromatic N) is 1. The summed E-state index contributed by atoms with van der Waals surface area (Å²) in [5.74, 6) is 0.585. The maximum atomic E-state index is 13.8. The fraction of sp³-hybridized carbons (Fsp3) is 0.333. The van der Waals surface area contributed by atoms with E-state index < -0.39 is 0 Å². The molecule has 118 valence electrons. The molecule has 4 heteroatoms. The molecule has 2 N–H and O–H groups in total. The number of halogens is 1. The van der Waals surface area contributed by atoms with Gasteiger partial charge in [0.15, 0.2) is 0 Å². The second-order valence-corrected chi connectivity index (χ2v) is 5.48. The Bertz CT molecular complexity index is 601. The third-order valence-corrected chi connectivity index (χ3v) is 3.70. The Morgan fingerprint density at radius 2 is 1.91 bits per heavy atom. The lowest BCUT2D eigenvalue weighted by Crippen LogP contribution is -2.17. The Morgan fingerprint density at radius 3 is 2.59 bits per heavy atom. The first-order valence-electron chi connectivity index (χ1n) is 7.46. The standard InChI is InChI=1S/C18H23FN2O/c1-21(2)15-6-5-7-16(12-15)22-11-10-14(13-20)17-8-3-4-9-18(17)19/h3-9,12,14H,10-11,13,20H2,1-2H3. The summed E-state index contributed by atoms with van der Waals surface area (Å²) in [5, 5.41) is 0. The quantitative estimate of drug-likeness (QED) is 0.852. The van der Waals surface area contributed by atoms with Crippen LogP contribution in [0.5, 0.6) is 5.75 Å². The maximum absolute atomic E-state index is 13.8. The van der Waals surface area contributed by atoms with Crippen molar-refractivity contribution in [2.45, 2.75) is 12.3 Å². The zero-order valence-electron chi connectivity index (χ0n) is 13.1. The van der Waals surface area contributed by atoms with E-state index in [1.807, 2.05) is 49.3 Å². The second kappa shape index (κ2) is 7.80. The molecule has 1 atom stereocenters. The van der Waals surface area contributed by atoms with Gasteiger partial charge in [-0.3, -0.25) is 0 Å². The van der Waals surface area contributed by atoms with Crippen LogP contribution in [0.2, 0.25) is 0 Å². The van der Waals surface area contributed by atoms with E-state index >= 15 is 0 Å². The molecule has 0 aromatic heterocycles. The first-order chi connectivity index (χ1) is 10.6. The van der Waals surface area contributed by atoms with Gasteiger partial charge in [0, 0.05) is 31.8 Å². The number of nitrogens with two attached hydrogens (primary N) is 1. The Balaban J connectivity index is 1.95. The van der Waals surface area contributed by atoms with Crippen LogP contribution in [-0.4, -0.2) is 27.2 Å². The molecule has 2 rings (SSSR count). The lowest BCUT2D eigenvalue weighted by atomic mass is 9.96. The zero-order chi connectivity index (χ0) is 15.9. The zero-order valence-corrected chi connectivity index (χ0v) is 13.1. The molecule has 2 aromatic carbocycles. The van der Waals surface area contributed by atoms with Crippen molar-refractivity contribution in [3.63, 3.8) is 0 Å². The Labute approximate surface area is 131 Å². The molecule has 0 saturated carbocycles. The average Bonchev–Trinajstić information content (AvgIpc) is 2.53. The SMILES string of the molecule is CN(C)c1cccc(OCCC(CN)c2ccccc2F)c1. The summed E-state index contributed by atoms with van der Waals surface area (Å²) in [6, 6.07) is 14.7. The minimum Gasteiger partial charge on any atom is -0.493 e. The minimum absolute atomic E-state index is 0.0294. The summed E-state index contributed by atoms with van der Waals surface area (Å²) in [4.78, 5) is 2.02. The van der Waals surface area contributed by atoms with Crippen molar-refractivity contribution in [1.82, 2.24) is 0 Å². The van der Waals surface area contributed by atoms with Crippen molar-refractivity contribution in [3.05, 3.63) is 59.9 Å². The van der Waals surface area contributed by atoms with Gasteiger partial charge in [-0.15, -0.1) is 0 Å². The summed E-state index contributed by atoms with van der Waals surface area (Å²) in [6.07, 6.45) is 0.684. The van der Waals surface area contributed by atoms with Gasteiger partial charge in [0.25, 0.3) is 0 Å². The minimum atomic E-state index is -0.201. The summed E-state index contributed by atoms with van der Waals surface area (Å²) < 4.78 is 19.6. The molecule has 0 spiro atoms. The molecule has 0 aliphatic heterocycles. The number of hydrogen-bond acceptors (Lipinski definition) is 3. The van der Waals surface area contributed by atoms with Crippen molar-refractivity contribution in [1.29, 1.82) is 0 Å². The lowest BCUT2D eigenvalue weighted by Gasteiger charge is -2.17. The third-order valence-electron chi connectivity index (χ3n) is 3.70. The van der Waals surface area contributed by atoms with Crippen LogP contribution in [-0.2, 0) is 0 Å². The van der Waals surface area contributed by atoms with E-state index in [-0.39, 0.29) is 11.7 Å². The fourth-order valence-electron chi connectivity index (χ4n) is 2.38. The van der Waals surface area contributed by atoms with Crippen LogP contribution in [0, 0.1) is 5.82 Å². The molecular formula is C18H23FN2O. The molecule has 1 unspecified atom stereocenters. The molecule has 0 amide bonds. The van der Waals surface area contributed by atoms with Gasteiger partial charge in [-0.05, 0) is 36.7 Å². The smallest absolute Gasteiger partial charge is 0.126 e. The van der Waals surface area contributed by atoms with Crippen molar-refractivity contribution in [2.75, 3.05) is 32.1 Å². The molecule has 2 aromatic rings. The molecule has 3 nitrogen and oxygen atoms in total. The fourth-order valence-corrected chi connectivity index (χ4v) is 2.38. The van der Waals surface area contributed by atoms with E-state index in [2.05, 4.69) is 0 Å². The van der Waals surface area contributed by atoms with Crippen LogP contribution in [0.1, 0.15) is 17.9 Å². The van der Waals surface area contributed by atoms with Gasteiger partial charge in [-0.25, -0.2) is 4.39 Å². The normalized spacial score (nSPS) is 12.0. The van der Waals surface area contributed by atoms with E-state index in [1.54, 1.807) is 12.1 Å². The monoisotopic (exact) mass is 302 g/mol. The highest BCUT2D eigenvalue weighted by molar-refractivity contribution is 5.49. The van der Waals surface area contributed by atoms with Gasteiger partial charge in [-0.1, -0.05) is 24.3 Å². The largest absolute Gasteiger partial charge is 0.493 e. The number of rotatable bonds is 7. The average molecular weight is 302 g/mol. The molecular weight excluding hydrogens is 279 g/mol. The van der Waals surface area contributed by atoms with Crippen molar-refractivity contribution >= 4 is 5.69 Å². The van der Waals surface area contributed by atoms with E-state index in [0.29, 0.717) is 25.1 Å². The molecule has 0 heterocycles. The van der Waals surface area contributed by atoms with Gasteiger partial charge in [0.05, 0.1) is 6.61 Å². The van der Waals surface area contributed by atoms with Gasteiger partial charge < -0.3 is 15.4 Å². The summed E-state index contributed by atoms with van der Waals surface area (Å²) in [5.41, 5.74) is 7.54. The summed E-state index contributed by atoms with van der Waals surface area (Å²) >= 11 is 0. The highest BCUT2D eigenvalue weighted by Crippen LogP contribution is 2.23. The molecule has 0 saturated heterocycles. The topological polar surface area (TPSA) is 38.5 Å². The number of ether oxygens (including phenoxy) is 1. The van der Waals surface area contributed by atoms with Gasteiger partial charge in [0.2, 0.25) is 0 Å². The van der Waals surface area contributed by atoms with Crippen LogP contribution >= 0.6 is 0 Å². The van der Waals surface area contributed by atoms with Crippen LogP contribution < -0.4 is 15.4 Å². The molecule has 0 aliphatic rings. The first kappa shape index (κ1) is 16.3.